The van der Waals surface area contributed by atoms with Gasteiger partial charge in [-0.25, -0.2) is 23.6 Å². The molecule has 3 aliphatic rings. The Labute approximate surface area is 283 Å². The van der Waals surface area contributed by atoms with Gasteiger partial charge in [-0.3, -0.25) is 19.7 Å². The summed E-state index contributed by atoms with van der Waals surface area (Å²) in [5.74, 6) is -0.255. The van der Waals surface area contributed by atoms with Crippen molar-refractivity contribution in [3.8, 4) is 22.6 Å². The maximum Gasteiger partial charge on any atom is 0.341 e. The number of amides is 3. The largest absolute Gasteiger partial charge is 0.490 e. The molecule has 13 nitrogen and oxygen atoms in total. The van der Waals surface area contributed by atoms with Crippen LogP contribution in [0.1, 0.15) is 63.2 Å². The summed E-state index contributed by atoms with van der Waals surface area (Å²) < 4.78 is 30.6. The van der Waals surface area contributed by atoms with Gasteiger partial charge in [0.2, 0.25) is 5.91 Å². The van der Waals surface area contributed by atoms with Crippen molar-refractivity contribution >= 4 is 29.4 Å². The van der Waals surface area contributed by atoms with E-state index in [-0.39, 0.29) is 36.2 Å². The maximum atomic E-state index is 15.1. The number of aromatic nitrogens is 5. The van der Waals surface area contributed by atoms with Crippen LogP contribution < -0.4 is 19.9 Å². The van der Waals surface area contributed by atoms with Gasteiger partial charge >= 0.3 is 12.0 Å². The molecule has 3 fully saturated rings. The minimum Gasteiger partial charge on any atom is -0.490 e. The lowest BCUT2D eigenvalue weighted by Gasteiger charge is -2.53. The summed E-state index contributed by atoms with van der Waals surface area (Å²) in [4.78, 5) is 43.9. The highest BCUT2D eigenvalue weighted by molar-refractivity contribution is 6.05. The lowest BCUT2D eigenvalue weighted by atomic mass is 9.68. The molecule has 2 aliphatic heterocycles. The van der Waals surface area contributed by atoms with Gasteiger partial charge in [0, 0.05) is 68.1 Å². The van der Waals surface area contributed by atoms with E-state index in [1.807, 2.05) is 57.1 Å². The highest BCUT2D eigenvalue weighted by atomic mass is 19.1. The van der Waals surface area contributed by atoms with Crippen LogP contribution in [-0.2, 0) is 16.6 Å². The van der Waals surface area contributed by atoms with Gasteiger partial charge in [0.1, 0.15) is 11.4 Å². The van der Waals surface area contributed by atoms with Gasteiger partial charge in [-0.05, 0) is 64.7 Å². The van der Waals surface area contributed by atoms with E-state index in [0.717, 1.165) is 48.2 Å². The molecule has 1 aromatic carbocycles. The molecule has 1 spiro atoms. The topological polar surface area (TPSA) is 137 Å². The Bertz CT molecular complexity index is 1910. The third kappa shape index (κ3) is 6.72. The number of pyridine rings is 1. The zero-order valence-corrected chi connectivity index (χ0v) is 28.0. The third-order valence-corrected chi connectivity index (χ3v) is 9.27. The van der Waals surface area contributed by atoms with E-state index < -0.39 is 23.4 Å². The quantitative estimate of drug-likeness (QED) is 0.268. The zero-order valence-electron chi connectivity index (χ0n) is 28.0. The summed E-state index contributed by atoms with van der Waals surface area (Å²) in [7, 11) is 1.86. The molecule has 256 valence electrons. The molecule has 0 radical (unpaired) electrons. The van der Waals surface area contributed by atoms with E-state index in [2.05, 4.69) is 20.5 Å². The second-order valence-corrected chi connectivity index (χ2v) is 14.2. The van der Waals surface area contributed by atoms with Crippen LogP contribution in [0.3, 0.4) is 0 Å². The summed E-state index contributed by atoms with van der Waals surface area (Å²) >= 11 is 0. The van der Waals surface area contributed by atoms with Gasteiger partial charge < -0.3 is 14.4 Å². The van der Waals surface area contributed by atoms with Crippen molar-refractivity contribution in [3.63, 3.8) is 0 Å². The molecule has 4 aromatic rings. The summed E-state index contributed by atoms with van der Waals surface area (Å²) in [5, 5.41) is 11.1. The van der Waals surface area contributed by atoms with Crippen molar-refractivity contribution in [2.24, 2.45) is 12.5 Å². The van der Waals surface area contributed by atoms with Crippen LogP contribution in [0, 0.1) is 11.2 Å². The van der Waals surface area contributed by atoms with E-state index in [0.29, 0.717) is 24.3 Å². The Balaban J connectivity index is 0.993. The van der Waals surface area contributed by atoms with Crippen LogP contribution in [0.15, 0.2) is 55.2 Å². The molecule has 0 bridgehead atoms. The predicted molar refractivity (Wildman–Crippen MR) is 178 cm³/mol. The molecular weight excluding hydrogens is 631 g/mol. The molecule has 5 heterocycles. The number of rotatable bonds is 7. The summed E-state index contributed by atoms with van der Waals surface area (Å²) in [6, 6.07) is 6.58. The van der Waals surface area contributed by atoms with Crippen LogP contribution in [-0.4, -0.2) is 73.8 Å². The van der Waals surface area contributed by atoms with Gasteiger partial charge in [-0.15, -0.1) is 0 Å². The average Bonchev–Trinajstić information content (AvgIpc) is 3.70. The SMILES string of the molecule is Cn1cc(-c2cc(OC3CCC4(CC3)CN(c3ncc(N5CCC(=O)NC5=O)cc3F)C4)ccc2-n2cc(C(=O)OC(C)(C)C)cn2)cn1. The van der Waals surface area contributed by atoms with E-state index in [9.17, 15) is 14.4 Å². The van der Waals surface area contributed by atoms with Crippen LogP contribution in [0.25, 0.3) is 16.8 Å². The fraction of sp³-hybridized carbons (Fsp3) is 0.429. The fourth-order valence-electron chi connectivity index (χ4n) is 6.83. The number of benzene rings is 1. The van der Waals surface area contributed by atoms with Gasteiger partial charge in [0.25, 0.3) is 0 Å². The monoisotopic (exact) mass is 670 g/mol. The molecule has 1 saturated carbocycles. The Morgan fingerprint density at radius 2 is 1.82 bits per heavy atom. The number of nitrogens with one attached hydrogen (secondary N) is 1. The number of aryl methyl sites for hydroxylation is 1. The number of esters is 1. The van der Waals surface area contributed by atoms with Crippen LogP contribution in [0.2, 0.25) is 0 Å². The van der Waals surface area contributed by atoms with Gasteiger partial charge in [-0.2, -0.15) is 10.2 Å². The Morgan fingerprint density at radius 3 is 2.49 bits per heavy atom. The first kappa shape index (κ1) is 32.3. The summed E-state index contributed by atoms with van der Waals surface area (Å²) in [6.07, 6.45) is 12.2. The number of nitrogens with zero attached hydrogens (tertiary/aromatic N) is 7. The number of ether oxygens (including phenoxy) is 2. The molecule has 14 heteroatoms. The molecule has 49 heavy (non-hydrogen) atoms. The number of urea groups is 1. The fourth-order valence-corrected chi connectivity index (χ4v) is 6.83. The first-order valence-corrected chi connectivity index (χ1v) is 16.4. The Kier molecular flexibility index (Phi) is 8.11. The minimum absolute atomic E-state index is 0.0347. The van der Waals surface area contributed by atoms with Crippen molar-refractivity contribution < 1.29 is 28.2 Å². The Morgan fingerprint density at radius 1 is 1.04 bits per heavy atom. The number of carbonyl (C=O) groups excluding carboxylic acids is 3. The first-order valence-electron chi connectivity index (χ1n) is 16.4. The zero-order chi connectivity index (χ0) is 34.5. The first-order chi connectivity index (χ1) is 23.3. The number of hydrogen-bond donors (Lipinski definition) is 1. The number of halogens is 1. The standard InChI is InChI=1S/C35H39FN8O5/c1-34(2,3)49-32(46)23-16-39-44(19-23)29-6-5-26(14-27(29)22-15-38-41(4)18-22)48-25-7-10-35(11-8-25)20-42(21-35)31-28(36)13-24(17-37-31)43-12-9-30(45)40-33(43)47/h5-6,13-19,25H,7-12,20-21H2,1-4H3,(H,40,45,47). The molecule has 7 rings (SSSR count). The van der Waals surface area contributed by atoms with E-state index in [4.69, 9.17) is 9.47 Å². The van der Waals surface area contributed by atoms with Gasteiger partial charge in [-0.1, -0.05) is 0 Å². The maximum absolute atomic E-state index is 15.1. The minimum atomic E-state index is -0.614. The van der Waals surface area contributed by atoms with Crippen molar-refractivity contribution in [1.82, 2.24) is 29.9 Å². The van der Waals surface area contributed by atoms with Gasteiger partial charge in [0.15, 0.2) is 11.6 Å². The number of hydrogen-bond acceptors (Lipinski definition) is 9. The molecule has 2 saturated heterocycles. The molecule has 1 N–H and O–H groups in total. The third-order valence-electron chi connectivity index (χ3n) is 9.27. The lowest BCUT2D eigenvalue weighted by Crippen LogP contribution is -2.59. The summed E-state index contributed by atoms with van der Waals surface area (Å²) in [5.41, 5.74) is 2.68. The van der Waals surface area contributed by atoms with Crippen LogP contribution in [0.5, 0.6) is 5.75 Å². The smallest absolute Gasteiger partial charge is 0.341 e. The van der Waals surface area contributed by atoms with Crippen molar-refractivity contribution in [2.45, 2.75) is 64.6 Å². The second kappa shape index (κ2) is 12.3. The molecular formula is C35H39FN8O5. The summed E-state index contributed by atoms with van der Waals surface area (Å²) in [6.45, 7) is 7.08. The highest BCUT2D eigenvalue weighted by Crippen LogP contribution is 2.46. The van der Waals surface area contributed by atoms with Crippen LogP contribution >= 0.6 is 0 Å². The van der Waals surface area contributed by atoms with E-state index in [1.54, 1.807) is 21.8 Å². The number of carbonyl (C=O) groups is 3. The molecule has 0 atom stereocenters. The van der Waals surface area contributed by atoms with Crippen molar-refractivity contribution in [3.05, 3.63) is 66.6 Å². The van der Waals surface area contributed by atoms with Crippen LogP contribution in [0.4, 0.5) is 20.7 Å². The second-order valence-electron chi connectivity index (χ2n) is 14.2. The normalized spacial score (nSPS) is 18.0. The number of anilines is 2. The van der Waals surface area contributed by atoms with E-state index >= 15 is 4.39 Å². The van der Waals surface area contributed by atoms with Crippen molar-refractivity contribution in [1.29, 1.82) is 0 Å². The van der Waals surface area contributed by atoms with E-state index in [1.165, 1.54) is 23.4 Å². The molecule has 3 amide bonds. The predicted octanol–water partition coefficient (Wildman–Crippen LogP) is 5.04. The molecule has 0 unspecified atom stereocenters. The highest BCUT2D eigenvalue weighted by Gasteiger charge is 2.46. The number of imide groups is 1. The molecule has 3 aromatic heterocycles. The van der Waals surface area contributed by atoms with Gasteiger partial charge in [0.05, 0.1) is 41.6 Å². The average molecular weight is 671 g/mol. The Hall–Kier alpha value is -5.27. The van der Waals surface area contributed by atoms with Crippen molar-refractivity contribution in [2.75, 3.05) is 29.4 Å². The lowest BCUT2D eigenvalue weighted by molar-refractivity contribution is -0.120. The molecule has 1 aliphatic carbocycles.